The zero-order chi connectivity index (χ0) is 13.4. The van der Waals surface area contributed by atoms with Crippen LogP contribution in [0.1, 0.15) is 0 Å². The SMILES string of the molecule is Clc1ccc2sc(Nc3ccc(I)cc3Cl)nc2c1. The van der Waals surface area contributed by atoms with Gasteiger partial charge in [0.25, 0.3) is 0 Å². The quantitative estimate of drug-likeness (QED) is 0.518. The van der Waals surface area contributed by atoms with Crippen LogP contribution < -0.4 is 5.32 Å². The van der Waals surface area contributed by atoms with Crippen LogP contribution in [-0.4, -0.2) is 4.98 Å². The van der Waals surface area contributed by atoms with E-state index in [9.17, 15) is 0 Å². The second kappa shape index (κ2) is 5.44. The molecule has 0 unspecified atom stereocenters. The Morgan fingerprint density at radius 3 is 2.74 bits per heavy atom. The number of thiazole rings is 1. The first-order chi connectivity index (χ1) is 9.11. The van der Waals surface area contributed by atoms with Gasteiger partial charge in [0, 0.05) is 8.59 Å². The van der Waals surface area contributed by atoms with Crippen molar-refractivity contribution in [2.75, 3.05) is 5.32 Å². The first-order valence-electron chi connectivity index (χ1n) is 5.40. The van der Waals surface area contributed by atoms with Crippen molar-refractivity contribution in [1.29, 1.82) is 0 Å². The topological polar surface area (TPSA) is 24.9 Å². The molecule has 1 aromatic heterocycles. The average Bonchev–Trinajstić information content (AvgIpc) is 2.74. The van der Waals surface area contributed by atoms with Gasteiger partial charge >= 0.3 is 0 Å². The van der Waals surface area contributed by atoms with Crippen LogP contribution in [0.5, 0.6) is 0 Å². The molecule has 0 saturated carbocycles. The van der Waals surface area contributed by atoms with E-state index in [1.165, 1.54) is 0 Å². The van der Waals surface area contributed by atoms with E-state index in [1.807, 2.05) is 36.4 Å². The highest BCUT2D eigenvalue weighted by Gasteiger charge is 2.07. The van der Waals surface area contributed by atoms with Crippen LogP contribution in [0.4, 0.5) is 10.8 Å². The summed E-state index contributed by atoms with van der Waals surface area (Å²) in [6.07, 6.45) is 0. The summed E-state index contributed by atoms with van der Waals surface area (Å²) in [6.45, 7) is 0. The van der Waals surface area contributed by atoms with E-state index in [1.54, 1.807) is 11.3 Å². The molecular formula is C13H7Cl2IN2S. The van der Waals surface area contributed by atoms with Crippen molar-refractivity contribution >= 4 is 78.2 Å². The van der Waals surface area contributed by atoms with Crippen LogP contribution >= 0.6 is 57.1 Å². The van der Waals surface area contributed by atoms with Crippen LogP contribution in [0.15, 0.2) is 36.4 Å². The van der Waals surface area contributed by atoms with E-state index in [-0.39, 0.29) is 0 Å². The smallest absolute Gasteiger partial charge is 0.188 e. The normalized spacial score (nSPS) is 10.9. The van der Waals surface area contributed by atoms with Crippen molar-refractivity contribution in [2.24, 2.45) is 0 Å². The van der Waals surface area contributed by atoms with Gasteiger partial charge in [-0.3, -0.25) is 0 Å². The summed E-state index contributed by atoms with van der Waals surface area (Å²) >= 11 is 15.9. The van der Waals surface area contributed by atoms with E-state index in [4.69, 9.17) is 23.2 Å². The van der Waals surface area contributed by atoms with Gasteiger partial charge in [-0.1, -0.05) is 34.5 Å². The second-order valence-electron chi connectivity index (χ2n) is 3.88. The van der Waals surface area contributed by atoms with Crippen molar-refractivity contribution in [3.05, 3.63) is 50.0 Å². The number of benzene rings is 2. The van der Waals surface area contributed by atoms with Gasteiger partial charge in [0.1, 0.15) is 0 Å². The number of rotatable bonds is 2. The molecule has 3 rings (SSSR count). The lowest BCUT2D eigenvalue weighted by Gasteiger charge is -2.04. The third-order valence-corrected chi connectivity index (χ3v) is 4.69. The lowest BCUT2D eigenvalue weighted by molar-refractivity contribution is 1.44. The van der Waals surface area contributed by atoms with E-state index in [2.05, 4.69) is 32.9 Å². The first kappa shape index (κ1) is 13.4. The molecule has 2 nitrogen and oxygen atoms in total. The number of halogens is 3. The molecule has 0 amide bonds. The number of nitrogens with zero attached hydrogens (tertiary/aromatic N) is 1. The fraction of sp³-hybridized carbons (Fsp3) is 0. The Bertz CT molecular complexity index is 757. The molecule has 0 aliphatic carbocycles. The molecule has 0 fully saturated rings. The lowest BCUT2D eigenvalue weighted by atomic mass is 10.3. The summed E-state index contributed by atoms with van der Waals surface area (Å²) in [6, 6.07) is 11.5. The minimum absolute atomic E-state index is 0.684. The molecule has 1 heterocycles. The van der Waals surface area contributed by atoms with Gasteiger partial charge < -0.3 is 5.32 Å². The molecule has 2 aromatic carbocycles. The maximum absolute atomic E-state index is 6.19. The third-order valence-electron chi connectivity index (χ3n) is 2.52. The highest BCUT2D eigenvalue weighted by Crippen LogP contribution is 2.32. The predicted molar refractivity (Wildman–Crippen MR) is 92.1 cm³/mol. The third kappa shape index (κ3) is 2.97. The molecule has 0 aliphatic heterocycles. The van der Waals surface area contributed by atoms with E-state index in [0.29, 0.717) is 10.0 Å². The summed E-state index contributed by atoms with van der Waals surface area (Å²) in [5.74, 6) is 0. The monoisotopic (exact) mass is 420 g/mol. The van der Waals surface area contributed by atoms with Gasteiger partial charge in [0.2, 0.25) is 0 Å². The fourth-order valence-electron chi connectivity index (χ4n) is 1.66. The van der Waals surface area contributed by atoms with Crippen molar-refractivity contribution in [3.63, 3.8) is 0 Å². The molecule has 0 bridgehead atoms. The predicted octanol–water partition coefficient (Wildman–Crippen LogP) is 5.95. The van der Waals surface area contributed by atoms with Gasteiger partial charge in [-0.05, 0) is 59.0 Å². The molecule has 19 heavy (non-hydrogen) atoms. The Hall–Kier alpha value is -0.560. The Morgan fingerprint density at radius 1 is 1.11 bits per heavy atom. The minimum atomic E-state index is 0.684. The highest BCUT2D eigenvalue weighted by atomic mass is 127. The fourth-order valence-corrected chi connectivity index (χ4v) is 3.59. The van der Waals surface area contributed by atoms with Crippen molar-refractivity contribution in [2.45, 2.75) is 0 Å². The molecule has 6 heteroatoms. The standard InChI is InChI=1S/C13H7Cl2IN2S/c14-7-1-4-12-11(5-7)18-13(19-12)17-10-3-2-8(16)6-9(10)15/h1-6H,(H,17,18). The maximum atomic E-state index is 6.19. The summed E-state index contributed by atoms with van der Waals surface area (Å²) in [5.41, 5.74) is 1.74. The van der Waals surface area contributed by atoms with E-state index in [0.717, 1.165) is 24.6 Å². The van der Waals surface area contributed by atoms with Gasteiger partial charge in [-0.25, -0.2) is 4.98 Å². The van der Waals surface area contributed by atoms with Gasteiger partial charge in [0.05, 0.1) is 20.9 Å². The molecule has 0 saturated heterocycles. The second-order valence-corrected chi connectivity index (χ2v) is 7.00. The summed E-state index contributed by atoms with van der Waals surface area (Å²) in [5, 5.41) is 5.42. The maximum Gasteiger partial charge on any atom is 0.188 e. The summed E-state index contributed by atoms with van der Waals surface area (Å²) in [7, 11) is 0. The van der Waals surface area contributed by atoms with Gasteiger partial charge in [0.15, 0.2) is 5.13 Å². The van der Waals surface area contributed by atoms with Gasteiger partial charge in [-0.2, -0.15) is 0 Å². The Kier molecular flexibility index (Phi) is 3.84. The number of anilines is 2. The molecule has 0 radical (unpaired) electrons. The number of nitrogens with one attached hydrogen (secondary N) is 1. The summed E-state index contributed by atoms with van der Waals surface area (Å²) < 4.78 is 2.19. The number of hydrogen-bond donors (Lipinski definition) is 1. The molecule has 3 aromatic rings. The van der Waals surface area contributed by atoms with Crippen molar-refractivity contribution < 1.29 is 0 Å². The molecule has 0 spiro atoms. The van der Waals surface area contributed by atoms with E-state index >= 15 is 0 Å². The number of fused-ring (bicyclic) bond motifs is 1. The average molecular weight is 421 g/mol. The lowest BCUT2D eigenvalue weighted by Crippen LogP contribution is -1.90. The minimum Gasteiger partial charge on any atom is -0.330 e. The molecular weight excluding hydrogens is 414 g/mol. The number of aromatic nitrogens is 1. The highest BCUT2D eigenvalue weighted by molar-refractivity contribution is 14.1. The summed E-state index contributed by atoms with van der Waals surface area (Å²) in [4.78, 5) is 4.49. The first-order valence-corrected chi connectivity index (χ1v) is 8.05. The van der Waals surface area contributed by atoms with Crippen LogP contribution in [0, 0.1) is 3.57 Å². The van der Waals surface area contributed by atoms with Crippen molar-refractivity contribution in [1.82, 2.24) is 4.98 Å². The zero-order valence-corrected chi connectivity index (χ0v) is 13.9. The van der Waals surface area contributed by atoms with E-state index < -0.39 is 0 Å². The van der Waals surface area contributed by atoms with Crippen LogP contribution in [-0.2, 0) is 0 Å². The van der Waals surface area contributed by atoms with Gasteiger partial charge in [-0.15, -0.1) is 0 Å². The zero-order valence-electron chi connectivity index (χ0n) is 9.45. The number of hydrogen-bond acceptors (Lipinski definition) is 3. The Morgan fingerprint density at radius 2 is 1.95 bits per heavy atom. The Labute approximate surface area is 137 Å². The Balaban J connectivity index is 1.96. The van der Waals surface area contributed by atoms with Crippen LogP contribution in [0.3, 0.4) is 0 Å². The molecule has 1 N–H and O–H groups in total. The molecule has 0 atom stereocenters. The molecule has 96 valence electrons. The van der Waals surface area contributed by atoms with Crippen LogP contribution in [0.2, 0.25) is 10.0 Å². The largest absolute Gasteiger partial charge is 0.330 e. The molecule has 0 aliphatic rings. The van der Waals surface area contributed by atoms with Crippen molar-refractivity contribution in [3.8, 4) is 0 Å². The van der Waals surface area contributed by atoms with Crippen LogP contribution in [0.25, 0.3) is 10.2 Å².